The molecular formula is C13H25N3O3S. The van der Waals surface area contributed by atoms with E-state index in [9.17, 15) is 13.2 Å². The van der Waals surface area contributed by atoms with Gasteiger partial charge in [0, 0.05) is 19.1 Å². The van der Waals surface area contributed by atoms with Crippen molar-refractivity contribution in [2.75, 3.05) is 25.9 Å². The van der Waals surface area contributed by atoms with E-state index >= 15 is 0 Å². The second-order valence-electron chi connectivity index (χ2n) is 6.13. The van der Waals surface area contributed by atoms with Crippen LogP contribution in [0, 0.1) is 0 Å². The molecule has 2 heterocycles. The summed E-state index contributed by atoms with van der Waals surface area (Å²) in [6, 6.07) is -0.0230. The normalized spacial score (nSPS) is 31.5. The van der Waals surface area contributed by atoms with Crippen molar-refractivity contribution in [3.63, 3.8) is 0 Å². The van der Waals surface area contributed by atoms with E-state index in [0.29, 0.717) is 6.54 Å². The number of nitrogens with zero attached hydrogens (tertiary/aromatic N) is 1. The molecule has 2 atom stereocenters. The molecule has 6 nitrogen and oxygen atoms in total. The van der Waals surface area contributed by atoms with Gasteiger partial charge in [-0.25, -0.2) is 13.1 Å². The molecule has 7 heteroatoms. The predicted octanol–water partition coefficient (Wildman–Crippen LogP) is 0.0588. The van der Waals surface area contributed by atoms with Crippen molar-refractivity contribution >= 4 is 15.9 Å². The lowest BCUT2D eigenvalue weighted by atomic mass is 9.94. The van der Waals surface area contributed by atoms with Crippen LogP contribution in [0.2, 0.25) is 0 Å². The van der Waals surface area contributed by atoms with Gasteiger partial charge in [0.05, 0.1) is 11.8 Å². The van der Waals surface area contributed by atoms with E-state index in [-0.39, 0.29) is 11.9 Å². The van der Waals surface area contributed by atoms with Crippen LogP contribution in [-0.4, -0.2) is 56.7 Å². The summed E-state index contributed by atoms with van der Waals surface area (Å²) >= 11 is 0. The van der Waals surface area contributed by atoms with Crippen LogP contribution in [-0.2, 0) is 14.8 Å². The first-order valence-electron chi connectivity index (χ1n) is 7.33. The Morgan fingerprint density at radius 2 is 2.15 bits per heavy atom. The first-order chi connectivity index (χ1) is 9.32. The van der Waals surface area contributed by atoms with Gasteiger partial charge in [-0.2, -0.15) is 0 Å². The molecule has 2 saturated heterocycles. The maximum absolute atomic E-state index is 12.7. The minimum atomic E-state index is -3.21. The van der Waals surface area contributed by atoms with Crippen molar-refractivity contribution in [1.82, 2.24) is 14.9 Å². The third kappa shape index (κ3) is 3.71. The Morgan fingerprint density at radius 3 is 2.75 bits per heavy atom. The van der Waals surface area contributed by atoms with E-state index in [0.717, 1.165) is 51.4 Å². The number of carbonyl (C=O) groups is 1. The average molecular weight is 303 g/mol. The fourth-order valence-corrected chi connectivity index (χ4v) is 3.62. The van der Waals surface area contributed by atoms with Crippen LogP contribution in [0.4, 0.5) is 0 Å². The largest absolute Gasteiger partial charge is 0.337 e. The number of hydrogen-bond donors (Lipinski definition) is 2. The number of carbonyl (C=O) groups excluding carboxylic acids is 1. The van der Waals surface area contributed by atoms with Crippen molar-refractivity contribution in [2.24, 2.45) is 0 Å². The van der Waals surface area contributed by atoms with Gasteiger partial charge in [-0.15, -0.1) is 0 Å². The number of likely N-dealkylation sites (tertiary alicyclic amines) is 1. The molecular weight excluding hydrogens is 278 g/mol. The molecule has 2 aliphatic rings. The molecule has 2 rings (SSSR count). The number of hydrogen-bond acceptors (Lipinski definition) is 4. The number of nitrogens with one attached hydrogen (secondary N) is 2. The van der Waals surface area contributed by atoms with E-state index in [1.807, 2.05) is 11.8 Å². The van der Waals surface area contributed by atoms with Crippen LogP contribution in [0.5, 0.6) is 0 Å². The summed E-state index contributed by atoms with van der Waals surface area (Å²) in [7, 11) is -3.21. The van der Waals surface area contributed by atoms with Gasteiger partial charge in [-0.1, -0.05) is 0 Å². The second-order valence-corrected chi connectivity index (χ2v) is 7.96. The van der Waals surface area contributed by atoms with Crippen LogP contribution in [0.1, 0.15) is 39.0 Å². The van der Waals surface area contributed by atoms with Gasteiger partial charge in [0.25, 0.3) is 0 Å². The third-order valence-electron chi connectivity index (χ3n) is 4.31. The van der Waals surface area contributed by atoms with E-state index in [4.69, 9.17) is 0 Å². The fourth-order valence-electron chi connectivity index (χ4n) is 3.12. The molecule has 2 aliphatic heterocycles. The van der Waals surface area contributed by atoms with Gasteiger partial charge in [-0.05, 0) is 45.6 Å². The summed E-state index contributed by atoms with van der Waals surface area (Å²) in [6.07, 6.45) is 5.93. The van der Waals surface area contributed by atoms with E-state index in [1.165, 1.54) is 0 Å². The summed E-state index contributed by atoms with van der Waals surface area (Å²) in [6.45, 7) is 3.88. The summed E-state index contributed by atoms with van der Waals surface area (Å²) in [4.78, 5) is 14.6. The highest BCUT2D eigenvalue weighted by atomic mass is 32.2. The SMILES string of the molecule is CC1(C(=O)N2CCCCC2CNS(C)(=O)=O)CCCN1. The monoisotopic (exact) mass is 303 g/mol. The van der Waals surface area contributed by atoms with Gasteiger partial charge in [0.2, 0.25) is 15.9 Å². The molecule has 0 aromatic heterocycles. The first-order valence-corrected chi connectivity index (χ1v) is 9.22. The van der Waals surface area contributed by atoms with Gasteiger partial charge in [0.15, 0.2) is 0 Å². The number of rotatable bonds is 4. The third-order valence-corrected chi connectivity index (χ3v) is 5.00. The lowest BCUT2D eigenvalue weighted by Crippen LogP contribution is -2.58. The maximum atomic E-state index is 12.7. The lowest BCUT2D eigenvalue weighted by molar-refractivity contribution is -0.140. The molecule has 1 amide bonds. The van der Waals surface area contributed by atoms with Crippen molar-refractivity contribution in [1.29, 1.82) is 0 Å². The average Bonchev–Trinajstić information content (AvgIpc) is 2.83. The van der Waals surface area contributed by atoms with E-state index in [2.05, 4.69) is 10.0 Å². The highest BCUT2D eigenvalue weighted by Crippen LogP contribution is 2.26. The minimum Gasteiger partial charge on any atom is -0.337 e. The lowest BCUT2D eigenvalue weighted by Gasteiger charge is -2.40. The molecule has 0 aromatic carbocycles. The molecule has 20 heavy (non-hydrogen) atoms. The number of piperidine rings is 1. The molecule has 0 spiro atoms. The van der Waals surface area contributed by atoms with Crippen molar-refractivity contribution in [2.45, 2.75) is 50.6 Å². The van der Waals surface area contributed by atoms with E-state index < -0.39 is 15.6 Å². The van der Waals surface area contributed by atoms with Crippen molar-refractivity contribution < 1.29 is 13.2 Å². The Kier molecular flexibility index (Phi) is 4.71. The van der Waals surface area contributed by atoms with Gasteiger partial charge < -0.3 is 10.2 Å². The zero-order chi connectivity index (χ0) is 14.8. The van der Waals surface area contributed by atoms with Crippen molar-refractivity contribution in [3.05, 3.63) is 0 Å². The molecule has 2 N–H and O–H groups in total. The second kappa shape index (κ2) is 5.99. The number of amides is 1. The van der Waals surface area contributed by atoms with Crippen LogP contribution < -0.4 is 10.0 Å². The summed E-state index contributed by atoms with van der Waals surface area (Å²) in [5.41, 5.74) is -0.472. The molecule has 116 valence electrons. The van der Waals surface area contributed by atoms with Gasteiger partial charge >= 0.3 is 0 Å². The summed E-state index contributed by atoms with van der Waals surface area (Å²) in [5.74, 6) is 0.120. The molecule has 0 aromatic rings. The van der Waals surface area contributed by atoms with Gasteiger partial charge in [0.1, 0.15) is 0 Å². The van der Waals surface area contributed by atoms with Crippen LogP contribution >= 0.6 is 0 Å². The molecule has 0 radical (unpaired) electrons. The zero-order valence-corrected chi connectivity index (χ0v) is 13.1. The molecule has 0 saturated carbocycles. The Morgan fingerprint density at radius 1 is 1.40 bits per heavy atom. The minimum absolute atomic E-state index is 0.0230. The smallest absolute Gasteiger partial charge is 0.242 e. The fraction of sp³-hybridized carbons (Fsp3) is 0.923. The van der Waals surface area contributed by atoms with Crippen LogP contribution in [0.15, 0.2) is 0 Å². The van der Waals surface area contributed by atoms with Crippen LogP contribution in [0.25, 0.3) is 0 Å². The Bertz CT molecular complexity index is 457. The molecule has 2 fully saturated rings. The quantitative estimate of drug-likeness (QED) is 0.770. The maximum Gasteiger partial charge on any atom is 0.242 e. The Hall–Kier alpha value is -0.660. The van der Waals surface area contributed by atoms with E-state index in [1.54, 1.807) is 0 Å². The summed E-state index contributed by atoms with van der Waals surface area (Å²) in [5, 5.41) is 3.29. The first kappa shape index (κ1) is 15.7. The van der Waals surface area contributed by atoms with Gasteiger partial charge in [-0.3, -0.25) is 4.79 Å². The van der Waals surface area contributed by atoms with Crippen molar-refractivity contribution in [3.8, 4) is 0 Å². The predicted molar refractivity (Wildman–Crippen MR) is 77.8 cm³/mol. The topological polar surface area (TPSA) is 78.5 Å². The molecule has 2 unspecified atom stereocenters. The molecule has 0 aliphatic carbocycles. The van der Waals surface area contributed by atoms with Crippen LogP contribution in [0.3, 0.4) is 0 Å². The highest BCUT2D eigenvalue weighted by molar-refractivity contribution is 7.88. The standard InChI is InChI=1S/C13H25N3O3S/c1-13(7-5-8-14-13)12(17)16-9-4-3-6-11(16)10-15-20(2,18)19/h11,14-15H,3-10H2,1-2H3. The summed E-state index contributed by atoms with van der Waals surface area (Å²) < 4.78 is 25.0. The molecule has 0 bridgehead atoms. The Labute approximate surface area is 121 Å². The highest BCUT2D eigenvalue weighted by Gasteiger charge is 2.41. The Balaban J connectivity index is 2.04. The zero-order valence-electron chi connectivity index (χ0n) is 12.3. The number of sulfonamides is 1.